The number of aromatic nitrogens is 1. The van der Waals surface area contributed by atoms with E-state index in [1.807, 2.05) is 0 Å². The van der Waals surface area contributed by atoms with Crippen molar-refractivity contribution in [2.45, 2.75) is 19.8 Å². The lowest BCUT2D eigenvalue weighted by atomic mass is 9.99. The number of carboxylic acid groups (broad SMARTS) is 1. The molecule has 2 rings (SSSR count). The molecule has 1 saturated heterocycles. The van der Waals surface area contributed by atoms with E-state index in [1.54, 1.807) is 11.0 Å². The summed E-state index contributed by atoms with van der Waals surface area (Å²) in [5.41, 5.74) is 0.308. The Hall–Kier alpha value is -1.91. The van der Waals surface area contributed by atoms with Gasteiger partial charge in [-0.05, 0) is 30.9 Å². The number of piperidine rings is 1. The highest BCUT2D eigenvalue weighted by Gasteiger charge is 2.22. The van der Waals surface area contributed by atoms with Gasteiger partial charge in [0.2, 0.25) is 0 Å². The first-order valence-corrected chi connectivity index (χ1v) is 6.06. The summed E-state index contributed by atoms with van der Waals surface area (Å²) in [4.78, 5) is 28.5. The van der Waals surface area contributed by atoms with Gasteiger partial charge in [-0.2, -0.15) is 0 Å². The fourth-order valence-corrected chi connectivity index (χ4v) is 2.24. The molecule has 0 aromatic carbocycles. The summed E-state index contributed by atoms with van der Waals surface area (Å²) in [5, 5.41) is 8.86. The minimum Gasteiger partial charge on any atom is -0.477 e. The third-order valence-corrected chi connectivity index (χ3v) is 3.17. The molecule has 1 aromatic heterocycles. The molecule has 5 nitrogen and oxygen atoms in total. The Morgan fingerprint density at radius 2 is 2.28 bits per heavy atom. The average molecular weight is 248 g/mol. The number of hydrogen-bond acceptors (Lipinski definition) is 3. The van der Waals surface area contributed by atoms with Gasteiger partial charge in [-0.15, -0.1) is 0 Å². The predicted molar refractivity (Wildman–Crippen MR) is 65.5 cm³/mol. The van der Waals surface area contributed by atoms with Gasteiger partial charge in [0, 0.05) is 24.8 Å². The van der Waals surface area contributed by atoms with Crippen LogP contribution < -0.4 is 0 Å². The molecule has 1 N–H and O–H groups in total. The maximum atomic E-state index is 12.2. The standard InChI is InChI=1S/C13H16N2O3/c1-9-3-2-6-15(8-9)12(16)10-4-5-14-11(7-10)13(17)18/h4-5,7,9H,2-3,6,8H2,1H3,(H,17,18). The van der Waals surface area contributed by atoms with E-state index in [-0.39, 0.29) is 11.6 Å². The Morgan fingerprint density at radius 3 is 2.94 bits per heavy atom. The van der Waals surface area contributed by atoms with Gasteiger partial charge in [0.05, 0.1) is 0 Å². The number of amides is 1. The first-order valence-electron chi connectivity index (χ1n) is 6.06. The maximum Gasteiger partial charge on any atom is 0.354 e. The van der Waals surface area contributed by atoms with Crippen LogP contribution in [0, 0.1) is 5.92 Å². The fraction of sp³-hybridized carbons (Fsp3) is 0.462. The van der Waals surface area contributed by atoms with Crippen molar-refractivity contribution in [1.82, 2.24) is 9.88 Å². The Bertz CT molecular complexity index is 473. The zero-order valence-corrected chi connectivity index (χ0v) is 10.3. The van der Waals surface area contributed by atoms with Gasteiger partial charge < -0.3 is 10.0 Å². The third kappa shape index (κ3) is 2.67. The van der Waals surface area contributed by atoms with Crippen LogP contribution in [0.3, 0.4) is 0 Å². The van der Waals surface area contributed by atoms with Gasteiger partial charge in [0.15, 0.2) is 0 Å². The molecule has 5 heteroatoms. The highest BCUT2D eigenvalue weighted by molar-refractivity contribution is 5.96. The lowest BCUT2D eigenvalue weighted by Gasteiger charge is -2.31. The highest BCUT2D eigenvalue weighted by Crippen LogP contribution is 2.18. The Labute approximate surface area is 105 Å². The van der Waals surface area contributed by atoms with Crippen LogP contribution >= 0.6 is 0 Å². The highest BCUT2D eigenvalue weighted by atomic mass is 16.4. The van der Waals surface area contributed by atoms with E-state index in [9.17, 15) is 9.59 Å². The summed E-state index contributed by atoms with van der Waals surface area (Å²) >= 11 is 0. The first kappa shape index (κ1) is 12.5. The minimum absolute atomic E-state index is 0.0918. The van der Waals surface area contributed by atoms with Crippen molar-refractivity contribution in [2.75, 3.05) is 13.1 Å². The summed E-state index contributed by atoms with van der Waals surface area (Å²) in [6.45, 7) is 3.60. The Kier molecular flexibility index (Phi) is 3.60. The average Bonchev–Trinajstić information content (AvgIpc) is 2.38. The van der Waals surface area contributed by atoms with Gasteiger partial charge in [-0.1, -0.05) is 6.92 Å². The Balaban J connectivity index is 2.17. The van der Waals surface area contributed by atoms with Gasteiger partial charge >= 0.3 is 5.97 Å². The van der Waals surface area contributed by atoms with Crippen LogP contribution in [0.4, 0.5) is 0 Å². The molecular formula is C13H16N2O3. The molecule has 96 valence electrons. The maximum absolute atomic E-state index is 12.2. The second kappa shape index (κ2) is 5.16. The summed E-state index contributed by atoms with van der Waals surface area (Å²) in [6.07, 6.45) is 3.51. The van der Waals surface area contributed by atoms with Gasteiger partial charge in [-0.3, -0.25) is 4.79 Å². The molecule has 0 bridgehead atoms. The Morgan fingerprint density at radius 1 is 1.50 bits per heavy atom. The van der Waals surface area contributed by atoms with E-state index in [0.717, 1.165) is 25.9 Å². The fourth-order valence-electron chi connectivity index (χ4n) is 2.24. The lowest BCUT2D eigenvalue weighted by Crippen LogP contribution is -2.39. The molecule has 0 spiro atoms. The van der Waals surface area contributed by atoms with Crippen molar-refractivity contribution in [2.24, 2.45) is 5.92 Å². The van der Waals surface area contributed by atoms with E-state index < -0.39 is 5.97 Å². The summed E-state index contributed by atoms with van der Waals surface area (Å²) in [7, 11) is 0. The number of carbonyl (C=O) groups excluding carboxylic acids is 1. The molecule has 1 amide bonds. The molecule has 1 aliphatic heterocycles. The number of likely N-dealkylation sites (tertiary alicyclic amines) is 1. The van der Waals surface area contributed by atoms with Crippen LogP contribution in [0.1, 0.15) is 40.6 Å². The second-order valence-corrected chi connectivity index (χ2v) is 4.73. The molecule has 1 aliphatic rings. The SMILES string of the molecule is CC1CCCN(C(=O)c2ccnc(C(=O)O)c2)C1. The largest absolute Gasteiger partial charge is 0.477 e. The van der Waals surface area contributed by atoms with Gasteiger partial charge in [0.1, 0.15) is 5.69 Å². The minimum atomic E-state index is -1.11. The van der Waals surface area contributed by atoms with E-state index in [1.165, 1.54) is 12.3 Å². The zero-order chi connectivity index (χ0) is 13.1. The molecule has 0 aliphatic carbocycles. The molecule has 1 unspecified atom stereocenters. The van der Waals surface area contributed by atoms with Crippen molar-refractivity contribution in [3.05, 3.63) is 29.6 Å². The van der Waals surface area contributed by atoms with Crippen molar-refractivity contribution in [3.63, 3.8) is 0 Å². The number of nitrogens with zero attached hydrogens (tertiary/aromatic N) is 2. The summed E-state index contributed by atoms with van der Waals surface area (Å²) in [6, 6.07) is 2.90. The monoisotopic (exact) mass is 248 g/mol. The predicted octanol–water partition coefficient (Wildman–Crippen LogP) is 1.65. The molecule has 0 saturated carbocycles. The van der Waals surface area contributed by atoms with E-state index >= 15 is 0 Å². The van der Waals surface area contributed by atoms with Crippen molar-refractivity contribution < 1.29 is 14.7 Å². The number of aromatic carboxylic acids is 1. The quantitative estimate of drug-likeness (QED) is 0.864. The van der Waals surface area contributed by atoms with Crippen molar-refractivity contribution in [1.29, 1.82) is 0 Å². The molecule has 0 radical (unpaired) electrons. The zero-order valence-electron chi connectivity index (χ0n) is 10.3. The van der Waals surface area contributed by atoms with Crippen LogP contribution in [0.2, 0.25) is 0 Å². The number of hydrogen-bond donors (Lipinski definition) is 1. The van der Waals surface area contributed by atoms with E-state index in [4.69, 9.17) is 5.11 Å². The van der Waals surface area contributed by atoms with Crippen LogP contribution in [0.5, 0.6) is 0 Å². The van der Waals surface area contributed by atoms with Gasteiger partial charge in [-0.25, -0.2) is 9.78 Å². The topological polar surface area (TPSA) is 70.5 Å². The first-order chi connectivity index (χ1) is 8.58. The van der Waals surface area contributed by atoms with Crippen LogP contribution in [0.25, 0.3) is 0 Å². The molecule has 1 fully saturated rings. The number of carbonyl (C=O) groups is 2. The number of pyridine rings is 1. The van der Waals surface area contributed by atoms with Crippen LogP contribution in [-0.4, -0.2) is 40.0 Å². The molecular weight excluding hydrogens is 232 g/mol. The second-order valence-electron chi connectivity index (χ2n) is 4.73. The van der Waals surface area contributed by atoms with E-state index in [0.29, 0.717) is 11.5 Å². The smallest absolute Gasteiger partial charge is 0.354 e. The number of rotatable bonds is 2. The number of carboxylic acids is 1. The normalized spacial score (nSPS) is 19.6. The van der Waals surface area contributed by atoms with Gasteiger partial charge in [0.25, 0.3) is 5.91 Å². The van der Waals surface area contributed by atoms with Crippen LogP contribution in [-0.2, 0) is 0 Å². The molecule has 1 atom stereocenters. The van der Waals surface area contributed by atoms with Crippen LogP contribution in [0.15, 0.2) is 18.3 Å². The summed E-state index contributed by atoms with van der Waals surface area (Å²) < 4.78 is 0. The van der Waals surface area contributed by atoms with Crippen molar-refractivity contribution in [3.8, 4) is 0 Å². The molecule has 2 heterocycles. The van der Waals surface area contributed by atoms with Crippen molar-refractivity contribution >= 4 is 11.9 Å². The lowest BCUT2D eigenvalue weighted by molar-refractivity contribution is 0.0682. The molecule has 1 aromatic rings. The molecule has 18 heavy (non-hydrogen) atoms. The third-order valence-electron chi connectivity index (χ3n) is 3.17. The summed E-state index contributed by atoms with van der Waals surface area (Å²) in [5.74, 6) is -0.716. The van der Waals surface area contributed by atoms with E-state index in [2.05, 4.69) is 11.9 Å².